The highest BCUT2D eigenvalue weighted by Gasteiger charge is 2.49. The summed E-state index contributed by atoms with van der Waals surface area (Å²) in [5, 5.41) is 0. The molecule has 0 spiro atoms. The van der Waals surface area contributed by atoms with Gasteiger partial charge in [-0.05, 0) is 47.6 Å². The molecule has 0 bridgehead atoms. The van der Waals surface area contributed by atoms with Crippen LogP contribution in [0.5, 0.6) is 5.75 Å². The molecule has 0 amide bonds. The highest BCUT2D eigenvalue weighted by Crippen LogP contribution is 2.58. The first kappa shape index (κ1) is 15.0. The molecule has 0 radical (unpaired) electrons. The van der Waals surface area contributed by atoms with E-state index < -0.39 is 0 Å². The van der Waals surface area contributed by atoms with Gasteiger partial charge in [-0.15, -0.1) is 0 Å². The Morgan fingerprint density at radius 1 is 0.750 bits per heavy atom. The van der Waals surface area contributed by atoms with E-state index in [2.05, 4.69) is 84.9 Å². The Balaban J connectivity index is 1.82. The quantitative estimate of drug-likeness (QED) is 0.612. The lowest BCUT2D eigenvalue weighted by atomic mass is 9.52. The van der Waals surface area contributed by atoms with E-state index in [0.717, 1.165) is 5.75 Å². The van der Waals surface area contributed by atoms with E-state index in [9.17, 15) is 0 Å². The second-order valence-electron chi connectivity index (χ2n) is 6.57. The summed E-state index contributed by atoms with van der Waals surface area (Å²) in [4.78, 5) is 0. The molecule has 1 heteroatoms. The number of ether oxygens (including phenoxy) is 1. The number of rotatable bonds is 4. The minimum atomic E-state index is 0.0805. The fraction of sp³-hybridized carbons (Fsp3) is 0.217. The second kappa shape index (κ2) is 6.16. The molecule has 120 valence electrons. The van der Waals surface area contributed by atoms with Gasteiger partial charge < -0.3 is 4.74 Å². The van der Waals surface area contributed by atoms with Gasteiger partial charge in [0.1, 0.15) is 5.75 Å². The van der Waals surface area contributed by atoms with Gasteiger partial charge in [-0.3, -0.25) is 0 Å². The standard InChI is InChI=1S/C23H22O/c1-24-21-14-12-18(13-15-21)22-16-17-23(22,19-8-4-2-5-9-19)20-10-6-3-7-11-20/h2-15,22H,16-17H2,1H3/t22-/m1/s1. The molecular formula is C23H22O. The predicted octanol–water partition coefficient (Wildman–Crippen LogP) is 5.56. The predicted molar refractivity (Wildman–Crippen MR) is 98.6 cm³/mol. The molecule has 0 aromatic heterocycles. The van der Waals surface area contributed by atoms with Crippen LogP contribution in [0.3, 0.4) is 0 Å². The summed E-state index contributed by atoms with van der Waals surface area (Å²) < 4.78 is 5.32. The van der Waals surface area contributed by atoms with Gasteiger partial charge in [0.05, 0.1) is 7.11 Å². The van der Waals surface area contributed by atoms with Gasteiger partial charge in [0.25, 0.3) is 0 Å². The molecule has 0 N–H and O–H groups in total. The highest BCUT2D eigenvalue weighted by atomic mass is 16.5. The lowest BCUT2D eigenvalue weighted by Crippen LogP contribution is -2.43. The molecular weight excluding hydrogens is 292 g/mol. The summed E-state index contributed by atoms with van der Waals surface area (Å²) >= 11 is 0. The minimum absolute atomic E-state index is 0.0805. The maximum atomic E-state index is 5.32. The summed E-state index contributed by atoms with van der Waals surface area (Å²) in [5.74, 6) is 1.43. The van der Waals surface area contributed by atoms with Crippen molar-refractivity contribution in [3.63, 3.8) is 0 Å². The van der Waals surface area contributed by atoms with E-state index in [4.69, 9.17) is 4.74 Å². The smallest absolute Gasteiger partial charge is 0.118 e. The number of benzene rings is 3. The minimum Gasteiger partial charge on any atom is -0.497 e. The van der Waals surface area contributed by atoms with Crippen LogP contribution in [-0.4, -0.2) is 7.11 Å². The summed E-state index contributed by atoms with van der Waals surface area (Å²) in [6, 6.07) is 30.6. The monoisotopic (exact) mass is 314 g/mol. The lowest BCUT2D eigenvalue weighted by Gasteiger charge is -2.51. The van der Waals surface area contributed by atoms with Gasteiger partial charge in [0, 0.05) is 5.41 Å². The van der Waals surface area contributed by atoms with Crippen LogP contribution in [0, 0.1) is 0 Å². The molecule has 0 saturated heterocycles. The molecule has 0 unspecified atom stereocenters. The van der Waals surface area contributed by atoms with E-state index in [1.165, 1.54) is 29.5 Å². The van der Waals surface area contributed by atoms with Crippen LogP contribution in [-0.2, 0) is 5.41 Å². The Morgan fingerprint density at radius 3 is 1.71 bits per heavy atom. The van der Waals surface area contributed by atoms with Crippen LogP contribution >= 0.6 is 0 Å². The van der Waals surface area contributed by atoms with E-state index >= 15 is 0 Å². The van der Waals surface area contributed by atoms with E-state index in [-0.39, 0.29) is 5.41 Å². The van der Waals surface area contributed by atoms with Crippen molar-refractivity contribution in [2.45, 2.75) is 24.2 Å². The molecule has 1 atom stereocenters. The third kappa shape index (κ3) is 2.32. The van der Waals surface area contributed by atoms with Gasteiger partial charge in [0.2, 0.25) is 0 Å². The van der Waals surface area contributed by atoms with Crippen molar-refractivity contribution in [2.75, 3.05) is 7.11 Å². The normalized spacial score (nSPS) is 18.6. The Kier molecular flexibility index (Phi) is 3.86. The summed E-state index contributed by atoms with van der Waals surface area (Å²) in [6.45, 7) is 0. The zero-order valence-electron chi connectivity index (χ0n) is 14.0. The zero-order valence-corrected chi connectivity index (χ0v) is 14.0. The molecule has 3 aromatic carbocycles. The highest BCUT2D eigenvalue weighted by molar-refractivity contribution is 5.48. The van der Waals surface area contributed by atoms with E-state index in [1.54, 1.807) is 7.11 Å². The molecule has 1 saturated carbocycles. The van der Waals surface area contributed by atoms with Crippen molar-refractivity contribution < 1.29 is 4.74 Å². The van der Waals surface area contributed by atoms with Crippen molar-refractivity contribution in [3.8, 4) is 5.75 Å². The lowest BCUT2D eigenvalue weighted by molar-refractivity contribution is 0.241. The van der Waals surface area contributed by atoms with E-state index in [1.807, 2.05) is 0 Å². The van der Waals surface area contributed by atoms with Crippen molar-refractivity contribution in [2.24, 2.45) is 0 Å². The van der Waals surface area contributed by atoms with Crippen molar-refractivity contribution >= 4 is 0 Å². The molecule has 1 nitrogen and oxygen atoms in total. The molecule has 1 aliphatic carbocycles. The first-order chi connectivity index (χ1) is 11.8. The van der Waals surface area contributed by atoms with Crippen LogP contribution in [0.4, 0.5) is 0 Å². The van der Waals surface area contributed by atoms with Gasteiger partial charge in [-0.2, -0.15) is 0 Å². The topological polar surface area (TPSA) is 9.23 Å². The van der Waals surface area contributed by atoms with Crippen molar-refractivity contribution in [3.05, 3.63) is 102 Å². The fourth-order valence-corrected chi connectivity index (χ4v) is 4.19. The number of hydrogen-bond donors (Lipinski definition) is 0. The van der Waals surface area contributed by atoms with Crippen molar-refractivity contribution in [1.82, 2.24) is 0 Å². The largest absolute Gasteiger partial charge is 0.497 e. The Morgan fingerprint density at radius 2 is 1.29 bits per heavy atom. The van der Waals surface area contributed by atoms with Gasteiger partial charge in [-0.25, -0.2) is 0 Å². The van der Waals surface area contributed by atoms with Gasteiger partial charge in [-0.1, -0.05) is 72.8 Å². The summed E-state index contributed by atoms with van der Waals surface area (Å²) in [7, 11) is 1.72. The fourth-order valence-electron chi connectivity index (χ4n) is 4.19. The SMILES string of the molecule is COc1ccc([C@H]2CCC2(c2ccccc2)c2ccccc2)cc1. The summed E-state index contributed by atoms with van der Waals surface area (Å²) in [5.41, 5.74) is 4.32. The average Bonchev–Trinajstić information content (AvgIpc) is 2.64. The third-order valence-corrected chi connectivity index (χ3v) is 5.52. The third-order valence-electron chi connectivity index (χ3n) is 5.52. The first-order valence-corrected chi connectivity index (χ1v) is 8.59. The van der Waals surface area contributed by atoms with Gasteiger partial charge >= 0.3 is 0 Å². The zero-order chi connectivity index (χ0) is 16.4. The first-order valence-electron chi connectivity index (χ1n) is 8.59. The van der Waals surface area contributed by atoms with Crippen LogP contribution in [0.2, 0.25) is 0 Å². The van der Waals surface area contributed by atoms with Crippen LogP contribution in [0.15, 0.2) is 84.9 Å². The van der Waals surface area contributed by atoms with Crippen LogP contribution in [0.25, 0.3) is 0 Å². The Hall–Kier alpha value is -2.54. The molecule has 1 aliphatic rings. The van der Waals surface area contributed by atoms with E-state index in [0.29, 0.717) is 5.92 Å². The Labute approximate surface area is 143 Å². The van der Waals surface area contributed by atoms with Gasteiger partial charge in [0.15, 0.2) is 0 Å². The van der Waals surface area contributed by atoms with Crippen LogP contribution < -0.4 is 4.74 Å². The maximum Gasteiger partial charge on any atom is 0.118 e. The Bertz CT molecular complexity index is 751. The average molecular weight is 314 g/mol. The molecule has 0 aliphatic heterocycles. The van der Waals surface area contributed by atoms with Crippen molar-refractivity contribution in [1.29, 1.82) is 0 Å². The summed E-state index contributed by atoms with van der Waals surface area (Å²) in [6.07, 6.45) is 2.41. The molecule has 0 heterocycles. The molecule has 4 rings (SSSR count). The number of hydrogen-bond acceptors (Lipinski definition) is 1. The number of methoxy groups -OCH3 is 1. The second-order valence-corrected chi connectivity index (χ2v) is 6.57. The maximum absolute atomic E-state index is 5.32. The molecule has 1 fully saturated rings. The van der Waals surface area contributed by atoms with Crippen LogP contribution in [0.1, 0.15) is 35.4 Å². The molecule has 24 heavy (non-hydrogen) atoms. The molecule has 3 aromatic rings.